The lowest BCUT2D eigenvalue weighted by Crippen LogP contribution is -2.23. The van der Waals surface area contributed by atoms with Gasteiger partial charge in [0, 0.05) is 18.9 Å². The number of aliphatic hydroxyl groups is 1. The first-order valence-electron chi connectivity index (χ1n) is 4.31. The Kier molecular flexibility index (Phi) is 3.55. The second kappa shape index (κ2) is 4.28. The van der Waals surface area contributed by atoms with E-state index in [2.05, 4.69) is 0 Å². The normalized spacial score (nSPS) is 26.3. The molecule has 13 heavy (non-hydrogen) atoms. The molecule has 0 radical (unpaired) electrons. The number of aliphatic hydroxyl groups excluding tert-OH is 1. The summed E-state index contributed by atoms with van der Waals surface area (Å²) in [5.74, 6) is -0.109. The zero-order chi connectivity index (χ0) is 9.90. The number of ether oxygens (including phenoxy) is 1. The predicted octanol–water partition coefficient (Wildman–Crippen LogP) is 1.73. The zero-order valence-electron chi connectivity index (χ0n) is 7.18. The number of hydrogen-bond donors (Lipinski definition) is 1. The summed E-state index contributed by atoms with van der Waals surface area (Å²) in [7, 11) is 0. The average molecular weight is 198 g/mol. The third-order valence-corrected chi connectivity index (χ3v) is 2.23. The topological polar surface area (TPSA) is 29.5 Å². The zero-order valence-corrected chi connectivity index (χ0v) is 7.18. The Hall–Kier alpha value is -0.290. The molecule has 0 spiro atoms. The van der Waals surface area contributed by atoms with E-state index in [1.54, 1.807) is 0 Å². The van der Waals surface area contributed by atoms with Gasteiger partial charge in [-0.2, -0.15) is 13.2 Å². The van der Waals surface area contributed by atoms with Gasteiger partial charge in [-0.25, -0.2) is 0 Å². The van der Waals surface area contributed by atoms with Crippen LogP contribution in [0, 0.1) is 5.92 Å². The average Bonchev–Trinajstić information content (AvgIpc) is 2.50. The van der Waals surface area contributed by atoms with Crippen LogP contribution in [-0.2, 0) is 4.74 Å². The van der Waals surface area contributed by atoms with E-state index in [4.69, 9.17) is 4.74 Å². The fourth-order valence-electron chi connectivity index (χ4n) is 1.40. The van der Waals surface area contributed by atoms with Crippen LogP contribution >= 0.6 is 0 Å². The molecule has 2 atom stereocenters. The van der Waals surface area contributed by atoms with Crippen molar-refractivity contribution < 1.29 is 23.0 Å². The van der Waals surface area contributed by atoms with E-state index in [1.165, 1.54) is 0 Å². The minimum atomic E-state index is -4.17. The Morgan fingerprint density at radius 3 is 2.62 bits per heavy atom. The van der Waals surface area contributed by atoms with Crippen LogP contribution in [0.15, 0.2) is 0 Å². The van der Waals surface area contributed by atoms with E-state index in [1.807, 2.05) is 0 Å². The quantitative estimate of drug-likeness (QED) is 0.748. The fourth-order valence-corrected chi connectivity index (χ4v) is 1.40. The maximum Gasteiger partial charge on any atom is 0.389 e. The van der Waals surface area contributed by atoms with Gasteiger partial charge in [-0.05, 0) is 12.8 Å². The second-order valence-corrected chi connectivity index (χ2v) is 3.34. The molecular formula is C8H13F3O2. The molecule has 0 saturated carbocycles. The molecule has 0 bridgehead atoms. The van der Waals surface area contributed by atoms with E-state index in [-0.39, 0.29) is 12.3 Å². The molecule has 0 aromatic heterocycles. The summed E-state index contributed by atoms with van der Waals surface area (Å²) >= 11 is 0. The Bertz CT molecular complexity index is 152. The second-order valence-electron chi connectivity index (χ2n) is 3.34. The molecule has 78 valence electrons. The molecule has 0 aromatic carbocycles. The van der Waals surface area contributed by atoms with Gasteiger partial charge < -0.3 is 9.84 Å². The molecule has 2 unspecified atom stereocenters. The largest absolute Gasteiger partial charge is 0.393 e. The number of halogens is 3. The molecule has 1 fully saturated rings. The van der Waals surface area contributed by atoms with Crippen molar-refractivity contribution in [2.75, 3.05) is 13.2 Å². The number of hydrogen-bond acceptors (Lipinski definition) is 2. The van der Waals surface area contributed by atoms with Gasteiger partial charge in [0.05, 0.1) is 12.7 Å². The standard InChI is InChI=1S/C8H13F3O2/c9-8(10,11)3-1-7(12)6-2-4-13-5-6/h6-7,12H,1-5H2. The van der Waals surface area contributed by atoms with Gasteiger partial charge in [0.15, 0.2) is 0 Å². The third kappa shape index (κ3) is 3.95. The van der Waals surface area contributed by atoms with E-state index >= 15 is 0 Å². The van der Waals surface area contributed by atoms with Crippen LogP contribution in [0.5, 0.6) is 0 Å². The molecule has 0 aromatic rings. The van der Waals surface area contributed by atoms with Gasteiger partial charge in [-0.1, -0.05) is 0 Å². The van der Waals surface area contributed by atoms with Crippen molar-refractivity contribution in [2.24, 2.45) is 5.92 Å². The van der Waals surface area contributed by atoms with E-state index in [9.17, 15) is 18.3 Å². The van der Waals surface area contributed by atoms with Gasteiger partial charge in [0.1, 0.15) is 0 Å². The van der Waals surface area contributed by atoms with E-state index in [0.717, 1.165) is 0 Å². The first-order chi connectivity index (χ1) is 5.99. The highest BCUT2D eigenvalue weighted by Crippen LogP contribution is 2.26. The number of alkyl halides is 3. The SMILES string of the molecule is OC(CCC(F)(F)F)C1CCOC1. The highest BCUT2D eigenvalue weighted by atomic mass is 19.4. The summed E-state index contributed by atoms with van der Waals surface area (Å²) in [4.78, 5) is 0. The molecule has 2 nitrogen and oxygen atoms in total. The first kappa shape index (κ1) is 10.8. The summed E-state index contributed by atoms with van der Waals surface area (Å²) in [6.45, 7) is 0.937. The molecule has 1 saturated heterocycles. The van der Waals surface area contributed by atoms with E-state index < -0.39 is 18.7 Å². The smallest absolute Gasteiger partial charge is 0.389 e. The maximum atomic E-state index is 11.8. The van der Waals surface area contributed by atoms with Crippen LogP contribution in [-0.4, -0.2) is 30.6 Å². The van der Waals surface area contributed by atoms with Crippen LogP contribution in [0.4, 0.5) is 13.2 Å². The van der Waals surface area contributed by atoms with Crippen LogP contribution in [0.3, 0.4) is 0 Å². The Morgan fingerprint density at radius 1 is 1.46 bits per heavy atom. The molecule has 5 heteroatoms. The summed E-state index contributed by atoms with van der Waals surface area (Å²) in [5.41, 5.74) is 0. The predicted molar refractivity (Wildman–Crippen MR) is 40.2 cm³/mol. The molecule has 1 aliphatic heterocycles. The van der Waals surface area contributed by atoms with Gasteiger partial charge >= 0.3 is 6.18 Å². The highest BCUT2D eigenvalue weighted by molar-refractivity contribution is 4.73. The molecule has 0 amide bonds. The molecule has 1 N–H and O–H groups in total. The van der Waals surface area contributed by atoms with Crippen molar-refractivity contribution in [3.05, 3.63) is 0 Å². The Balaban J connectivity index is 2.20. The van der Waals surface area contributed by atoms with Gasteiger partial charge in [0.2, 0.25) is 0 Å². The van der Waals surface area contributed by atoms with Crippen molar-refractivity contribution >= 4 is 0 Å². The molecule has 0 aliphatic carbocycles. The minimum absolute atomic E-state index is 0.109. The lowest BCUT2D eigenvalue weighted by Gasteiger charge is -2.16. The first-order valence-corrected chi connectivity index (χ1v) is 4.31. The maximum absolute atomic E-state index is 11.8. The Labute approximate surface area is 74.7 Å². The highest BCUT2D eigenvalue weighted by Gasteiger charge is 2.31. The van der Waals surface area contributed by atoms with Gasteiger partial charge in [0.25, 0.3) is 0 Å². The van der Waals surface area contributed by atoms with Crippen LogP contribution in [0.2, 0.25) is 0 Å². The van der Waals surface area contributed by atoms with Crippen molar-refractivity contribution in [1.29, 1.82) is 0 Å². The van der Waals surface area contributed by atoms with Gasteiger partial charge in [-0.15, -0.1) is 0 Å². The van der Waals surface area contributed by atoms with Gasteiger partial charge in [-0.3, -0.25) is 0 Å². The number of rotatable bonds is 3. The van der Waals surface area contributed by atoms with Crippen molar-refractivity contribution in [3.8, 4) is 0 Å². The van der Waals surface area contributed by atoms with E-state index in [0.29, 0.717) is 19.6 Å². The van der Waals surface area contributed by atoms with Crippen molar-refractivity contribution in [1.82, 2.24) is 0 Å². The lowest BCUT2D eigenvalue weighted by molar-refractivity contribution is -0.141. The monoisotopic (exact) mass is 198 g/mol. The van der Waals surface area contributed by atoms with Crippen molar-refractivity contribution in [2.45, 2.75) is 31.5 Å². The van der Waals surface area contributed by atoms with Crippen molar-refractivity contribution in [3.63, 3.8) is 0 Å². The Morgan fingerprint density at radius 2 is 2.15 bits per heavy atom. The molecule has 1 rings (SSSR count). The lowest BCUT2D eigenvalue weighted by atomic mass is 9.98. The fraction of sp³-hybridized carbons (Fsp3) is 1.00. The van der Waals surface area contributed by atoms with Crippen LogP contribution in [0.1, 0.15) is 19.3 Å². The summed E-state index contributed by atoms with van der Waals surface area (Å²) in [5, 5.41) is 9.33. The summed E-state index contributed by atoms with van der Waals surface area (Å²) < 4.78 is 40.3. The molecule has 1 aliphatic rings. The summed E-state index contributed by atoms with van der Waals surface area (Å²) in [6.07, 6.45) is -5.49. The third-order valence-electron chi connectivity index (χ3n) is 2.23. The van der Waals surface area contributed by atoms with Crippen LogP contribution < -0.4 is 0 Å². The summed E-state index contributed by atoms with van der Waals surface area (Å²) in [6, 6.07) is 0. The minimum Gasteiger partial charge on any atom is -0.393 e. The molecular weight excluding hydrogens is 185 g/mol. The van der Waals surface area contributed by atoms with Crippen LogP contribution in [0.25, 0.3) is 0 Å². The molecule has 1 heterocycles.